The summed E-state index contributed by atoms with van der Waals surface area (Å²) < 4.78 is 0. The van der Waals surface area contributed by atoms with Crippen LogP contribution in [0.25, 0.3) is 0 Å². The Labute approximate surface area is 89.9 Å². The van der Waals surface area contributed by atoms with E-state index in [1.807, 2.05) is 0 Å². The van der Waals surface area contributed by atoms with Crippen molar-refractivity contribution in [2.75, 3.05) is 38.1 Å². The predicted molar refractivity (Wildman–Crippen MR) is 59.6 cm³/mol. The van der Waals surface area contributed by atoms with Crippen LogP contribution in [0.15, 0.2) is 12.4 Å². The van der Waals surface area contributed by atoms with Crippen LogP contribution < -0.4 is 10.6 Å². The fourth-order valence-corrected chi connectivity index (χ4v) is 1.62. The van der Waals surface area contributed by atoms with E-state index in [4.69, 9.17) is 5.73 Å². The molecular formula is C10H17N5. The molecule has 1 saturated heterocycles. The second-order valence-corrected chi connectivity index (χ2v) is 3.89. The number of rotatable bonds is 2. The number of nitrogens with two attached hydrogens (primary N) is 1. The topological polar surface area (TPSA) is 58.3 Å². The molecule has 2 N–H and O–H groups in total. The molecule has 2 rings (SSSR count). The Morgan fingerprint density at radius 3 is 2.33 bits per heavy atom. The fraction of sp³-hybridized carbons (Fsp3) is 0.600. The van der Waals surface area contributed by atoms with Gasteiger partial charge in [0, 0.05) is 50.7 Å². The van der Waals surface area contributed by atoms with Gasteiger partial charge in [0.15, 0.2) is 0 Å². The van der Waals surface area contributed by atoms with E-state index in [0.29, 0.717) is 6.54 Å². The van der Waals surface area contributed by atoms with Crippen molar-refractivity contribution in [2.45, 2.75) is 6.54 Å². The van der Waals surface area contributed by atoms with Crippen LogP contribution in [-0.2, 0) is 6.54 Å². The highest BCUT2D eigenvalue weighted by atomic mass is 15.3. The quantitative estimate of drug-likeness (QED) is 0.720. The molecule has 2 heterocycles. The molecule has 82 valence electrons. The van der Waals surface area contributed by atoms with Gasteiger partial charge in [-0.25, -0.2) is 9.97 Å². The van der Waals surface area contributed by atoms with Crippen LogP contribution in [0.3, 0.4) is 0 Å². The van der Waals surface area contributed by atoms with Gasteiger partial charge in [0.25, 0.3) is 0 Å². The molecule has 5 nitrogen and oxygen atoms in total. The molecule has 1 aliphatic heterocycles. The molecule has 0 spiro atoms. The zero-order chi connectivity index (χ0) is 10.7. The number of piperazine rings is 1. The summed E-state index contributed by atoms with van der Waals surface area (Å²) in [5.74, 6) is 0.820. The van der Waals surface area contributed by atoms with Gasteiger partial charge in [0.1, 0.15) is 0 Å². The minimum atomic E-state index is 0.503. The van der Waals surface area contributed by atoms with Gasteiger partial charge in [-0.05, 0) is 7.05 Å². The normalized spacial score (nSPS) is 18.1. The molecule has 0 unspecified atom stereocenters. The Morgan fingerprint density at radius 1 is 1.20 bits per heavy atom. The summed E-state index contributed by atoms with van der Waals surface area (Å²) in [6, 6.07) is 0. The van der Waals surface area contributed by atoms with Gasteiger partial charge in [-0.15, -0.1) is 0 Å². The molecule has 0 bridgehead atoms. The third-order valence-electron chi connectivity index (χ3n) is 2.71. The smallest absolute Gasteiger partial charge is 0.225 e. The van der Waals surface area contributed by atoms with Crippen molar-refractivity contribution in [3.05, 3.63) is 18.0 Å². The van der Waals surface area contributed by atoms with Gasteiger partial charge in [0.2, 0.25) is 5.95 Å². The lowest BCUT2D eigenvalue weighted by Gasteiger charge is -2.32. The lowest BCUT2D eigenvalue weighted by molar-refractivity contribution is 0.311. The second-order valence-electron chi connectivity index (χ2n) is 3.89. The fourth-order valence-electron chi connectivity index (χ4n) is 1.62. The van der Waals surface area contributed by atoms with Gasteiger partial charge in [-0.3, -0.25) is 0 Å². The van der Waals surface area contributed by atoms with E-state index in [-0.39, 0.29) is 0 Å². The number of aromatic nitrogens is 2. The first kappa shape index (κ1) is 10.3. The standard InChI is InChI=1S/C10H17N5/c1-14-2-4-15(5-3-14)10-12-7-9(6-11)8-13-10/h7-8H,2-6,11H2,1H3. The van der Waals surface area contributed by atoms with Gasteiger partial charge >= 0.3 is 0 Å². The molecule has 5 heteroatoms. The summed E-state index contributed by atoms with van der Waals surface area (Å²) in [5, 5.41) is 0. The van der Waals surface area contributed by atoms with Crippen molar-refractivity contribution in [1.82, 2.24) is 14.9 Å². The van der Waals surface area contributed by atoms with E-state index in [0.717, 1.165) is 37.7 Å². The SMILES string of the molecule is CN1CCN(c2ncc(CN)cn2)CC1. The lowest BCUT2D eigenvalue weighted by Crippen LogP contribution is -2.45. The summed E-state index contributed by atoms with van der Waals surface area (Å²) in [4.78, 5) is 13.1. The number of nitrogens with zero attached hydrogens (tertiary/aromatic N) is 4. The van der Waals surface area contributed by atoms with Gasteiger partial charge in [-0.1, -0.05) is 0 Å². The highest BCUT2D eigenvalue weighted by Gasteiger charge is 2.15. The first-order valence-electron chi connectivity index (χ1n) is 5.24. The van der Waals surface area contributed by atoms with E-state index in [9.17, 15) is 0 Å². The van der Waals surface area contributed by atoms with E-state index in [1.54, 1.807) is 12.4 Å². The minimum absolute atomic E-state index is 0.503. The number of hydrogen-bond acceptors (Lipinski definition) is 5. The molecule has 0 saturated carbocycles. The van der Waals surface area contributed by atoms with Crippen LogP contribution in [-0.4, -0.2) is 48.1 Å². The van der Waals surface area contributed by atoms with Crippen molar-refractivity contribution in [2.24, 2.45) is 5.73 Å². The van der Waals surface area contributed by atoms with E-state index in [2.05, 4.69) is 26.8 Å². The maximum absolute atomic E-state index is 5.50. The van der Waals surface area contributed by atoms with Gasteiger partial charge < -0.3 is 15.5 Å². The molecule has 1 aromatic rings. The maximum Gasteiger partial charge on any atom is 0.225 e. The zero-order valence-corrected chi connectivity index (χ0v) is 9.06. The first-order valence-corrected chi connectivity index (χ1v) is 5.24. The van der Waals surface area contributed by atoms with Gasteiger partial charge in [0.05, 0.1) is 0 Å². The Balaban J connectivity index is 2.03. The number of hydrogen-bond donors (Lipinski definition) is 1. The van der Waals surface area contributed by atoms with E-state index < -0.39 is 0 Å². The molecule has 15 heavy (non-hydrogen) atoms. The molecule has 0 atom stereocenters. The van der Waals surface area contributed by atoms with Gasteiger partial charge in [-0.2, -0.15) is 0 Å². The van der Waals surface area contributed by atoms with Crippen LogP contribution in [0.2, 0.25) is 0 Å². The van der Waals surface area contributed by atoms with Crippen LogP contribution in [0.1, 0.15) is 5.56 Å². The third kappa shape index (κ3) is 2.43. The lowest BCUT2D eigenvalue weighted by atomic mass is 10.3. The number of anilines is 1. The average Bonchev–Trinajstić information content (AvgIpc) is 2.30. The van der Waals surface area contributed by atoms with Crippen LogP contribution in [0.4, 0.5) is 5.95 Å². The average molecular weight is 207 g/mol. The maximum atomic E-state index is 5.50. The Bertz CT molecular complexity index is 302. The first-order chi connectivity index (χ1) is 7.29. The predicted octanol–water partition coefficient (Wildman–Crippen LogP) is -0.313. The van der Waals surface area contributed by atoms with Crippen LogP contribution in [0, 0.1) is 0 Å². The Kier molecular flexibility index (Phi) is 3.13. The van der Waals surface area contributed by atoms with Crippen molar-refractivity contribution in [1.29, 1.82) is 0 Å². The molecule has 1 aliphatic rings. The molecule has 1 fully saturated rings. The van der Waals surface area contributed by atoms with Crippen molar-refractivity contribution in [3.63, 3.8) is 0 Å². The molecule has 0 radical (unpaired) electrons. The summed E-state index contributed by atoms with van der Waals surface area (Å²) in [5.41, 5.74) is 6.48. The molecular weight excluding hydrogens is 190 g/mol. The number of likely N-dealkylation sites (N-methyl/N-ethyl adjacent to an activating group) is 1. The van der Waals surface area contributed by atoms with Crippen molar-refractivity contribution >= 4 is 5.95 Å². The van der Waals surface area contributed by atoms with E-state index >= 15 is 0 Å². The third-order valence-corrected chi connectivity index (χ3v) is 2.71. The molecule has 0 amide bonds. The van der Waals surface area contributed by atoms with Crippen LogP contribution in [0.5, 0.6) is 0 Å². The summed E-state index contributed by atoms with van der Waals surface area (Å²) in [6.07, 6.45) is 3.61. The largest absolute Gasteiger partial charge is 0.338 e. The molecule has 1 aromatic heterocycles. The monoisotopic (exact) mass is 207 g/mol. The summed E-state index contributed by atoms with van der Waals surface area (Å²) >= 11 is 0. The minimum Gasteiger partial charge on any atom is -0.338 e. The molecule has 0 aromatic carbocycles. The highest BCUT2D eigenvalue weighted by Crippen LogP contribution is 2.09. The Hall–Kier alpha value is -1.20. The zero-order valence-electron chi connectivity index (χ0n) is 9.06. The summed E-state index contributed by atoms with van der Waals surface area (Å²) in [6.45, 7) is 4.64. The van der Waals surface area contributed by atoms with E-state index in [1.165, 1.54) is 0 Å². The molecule has 0 aliphatic carbocycles. The highest BCUT2D eigenvalue weighted by molar-refractivity contribution is 5.30. The van der Waals surface area contributed by atoms with Crippen molar-refractivity contribution in [3.8, 4) is 0 Å². The van der Waals surface area contributed by atoms with Crippen LogP contribution >= 0.6 is 0 Å². The second kappa shape index (κ2) is 4.55. The summed E-state index contributed by atoms with van der Waals surface area (Å²) in [7, 11) is 2.13. The van der Waals surface area contributed by atoms with Crippen molar-refractivity contribution < 1.29 is 0 Å². The Morgan fingerprint density at radius 2 is 1.80 bits per heavy atom.